The number of ether oxygens (including phenoxy) is 1. The number of rotatable bonds is 5. The van der Waals surface area contributed by atoms with E-state index < -0.39 is 0 Å². The maximum atomic E-state index is 11.7. The average Bonchev–Trinajstić information content (AvgIpc) is 3.18. The molecule has 0 unspecified atom stereocenters. The SMILES string of the molecule is C/C(=N/NC(=O)COc1c(C)cc(Br)cc1Br)C1CC1. The van der Waals surface area contributed by atoms with Gasteiger partial charge in [-0.3, -0.25) is 4.79 Å². The summed E-state index contributed by atoms with van der Waals surface area (Å²) < 4.78 is 7.32. The van der Waals surface area contributed by atoms with Gasteiger partial charge in [-0.1, -0.05) is 15.9 Å². The van der Waals surface area contributed by atoms with E-state index in [-0.39, 0.29) is 12.5 Å². The Balaban J connectivity index is 1.88. The minimum absolute atomic E-state index is 0.0531. The standard InChI is InChI=1S/C14H16Br2N2O2/c1-8-5-11(15)6-12(16)14(8)20-7-13(19)18-17-9(2)10-3-4-10/h5-6,10H,3-4,7H2,1-2H3,(H,18,19)/b17-9-. The highest BCUT2D eigenvalue weighted by Gasteiger charge is 2.24. The predicted octanol–water partition coefficient (Wildman–Crippen LogP) is 3.80. The third-order valence-corrected chi connectivity index (χ3v) is 4.11. The maximum Gasteiger partial charge on any atom is 0.277 e. The summed E-state index contributed by atoms with van der Waals surface area (Å²) in [5.74, 6) is 0.976. The Morgan fingerprint density at radius 3 is 2.75 bits per heavy atom. The van der Waals surface area contributed by atoms with Crippen molar-refractivity contribution in [1.82, 2.24) is 5.43 Å². The first-order chi connectivity index (χ1) is 9.47. The summed E-state index contributed by atoms with van der Waals surface area (Å²) in [7, 11) is 0. The lowest BCUT2D eigenvalue weighted by Crippen LogP contribution is -2.26. The molecule has 1 aromatic carbocycles. The van der Waals surface area contributed by atoms with E-state index in [1.807, 2.05) is 26.0 Å². The summed E-state index contributed by atoms with van der Waals surface area (Å²) >= 11 is 6.83. The van der Waals surface area contributed by atoms with Crippen LogP contribution in [0.5, 0.6) is 5.75 Å². The zero-order valence-corrected chi connectivity index (χ0v) is 14.5. The van der Waals surface area contributed by atoms with Crippen LogP contribution < -0.4 is 10.2 Å². The van der Waals surface area contributed by atoms with Crippen molar-refractivity contribution in [3.8, 4) is 5.75 Å². The first-order valence-corrected chi connectivity index (χ1v) is 7.97. The predicted molar refractivity (Wildman–Crippen MR) is 86.0 cm³/mol. The van der Waals surface area contributed by atoms with Gasteiger partial charge < -0.3 is 4.74 Å². The first-order valence-electron chi connectivity index (χ1n) is 6.39. The number of nitrogens with one attached hydrogen (secondary N) is 1. The molecule has 1 N–H and O–H groups in total. The molecular weight excluding hydrogens is 388 g/mol. The molecule has 1 aromatic rings. The number of halogens is 2. The number of nitrogens with zero attached hydrogens (tertiary/aromatic N) is 1. The van der Waals surface area contributed by atoms with Gasteiger partial charge in [0.25, 0.3) is 5.91 Å². The lowest BCUT2D eigenvalue weighted by molar-refractivity contribution is -0.123. The molecule has 0 heterocycles. The average molecular weight is 404 g/mol. The van der Waals surface area contributed by atoms with Gasteiger partial charge in [0.1, 0.15) is 5.75 Å². The van der Waals surface area contributed by atoms with Gasteiger partial charge in [0.2, 0.25) is 0 Å². The second-order valence-corrected chi connectivity index (χ2v) is 6.65. The normalized spacial score (nSPS) is 15.1. The number of hydrogen-bond donors (Lipinski definition) is 1. The van der Waals surface area contributed by atoms with Gasteiger partial charge in [0.15, 0.2) is 6.61 Å². The van der Waals surface area contributed by atoms with Gasteiger partial charge >= 0.3 is 0 Å². The van der Waals surface area contributed by atoms with Crippen molar-refractivity contribution in [3.63, 3.8) is 0 Å². The van der Waals surface area contributed by atoms with Crippen LogP contribution in [-0.2, 0) is 4.79 Å². The van der Waals surface area contributed by atoms with Gasteiger partial charge in [-0.25, -0.2) is 5.43 Å². The van der Waals surface area contributed by atoms with Gasteiger partial charge in [0, 0.05) is 10.2 Å². The van der Waals surface area contributed by atoms with Gasteiger partial charge in [-0.2, -0.15) is 5.10 Å². The largest absolute Gasteiger partial charge is 0.482 e. The van der Waals surface area contributed by atoms with Crippen LogP contribution >= 0.6 is 31.9 Å². The van der Waals surface area contributed by atoms with Crippen molar-refractivity contribution in [2.24, 2.45) is 11.0 Å². The first kappa shape index (κ1) is 15.5. The molecule has 0 atom stereocenters. The van der Waals surface area contributed by atoms with Crippen LogP contribution in [0, 0.1) is 12.8 Å². The number of carbonyl (C=O) groups is 1. The highest BCUT2D eigenvalue weighted by Crippen LogP contribution is 2.32. The Morgan fingerprint density at radius 1 is 1.45 bits per heavy atom. The second-order valence-electron chi connectivity index (χ2n) is 4.88. The van der Waals surface area contributed by atoms with E-state index >= 15 is 0 Å². The number of benzene rings is 1. The quantitative estimate of drug-likeness (QED) is 0.600. The molecule has 0 bridgehead atoms. The van der Waals surface area contributed by atoms with E-state index in [9.17, 15) is 4.79 Å². The molecule has 4 nitrogen and oxygen atoms in total. The summed E-state index contributed by atoms with van der Waals surface area (Å²) in [6, 6.07) is 3.82. The zero-order valence-electron chi connectivity index (χ0n) is 11.4. The van der Waals surface area contributed by atoms with Crippen molar-refractivity contribution >= 4 is 43.5 Å². The minimum Gasteiger partial charge on any atom is -0.482 e. The molecule has 2 rings (SSSR count). The van der Waals surface area contributed by atoms with E-state index in [0.29, 0.717) is 11.7 Å². The van der Waals surface area contributed by atoms with Crippen LogP contribution in [0.2, 0.25) is 0 Å². The summed E-state index contributed by atoms with van der Waals surface area (Å²) in [4.78, 5) is 11.7. The fourth-order valence-corrected chi connectivity index (χ4v) is 3.34. The molecule has 20 heavy (non-hydrogen) atoms. The van der Waals surface area contributed by atoms with E-state index in [1.54, 1.807) is 0 Å². The third-order valence-electron chi connectivity index (χ3n) is 3.07. The van der Waals surface area contributed by atoms with Crippen LogP contribution in [0.15, 0.2) is 26.2 Å². The third kappa shape index (κ3) is 4.31. The molecule has 108 valence electrons. The number of aryl methyl sites for hydroxylation is 1. The van der Waals surface area contributed by atoms with Crippen molar-refractivity contribution in [2.75, 3.05) is 6.61 Å². The summed E-state index contributed by atoms with van der Waals surface area (Å²) in [6.07, 6.45) is 2.35. The molecule has 0 aromatic heterocycles. The van der Waals surface area contributed by atoms with Crippen molar-refractivity contribution in [2.45, 2.75) is 26.7 Å². The molecule has 1 saturated carbocycles. The molecule has 1 fully saturated rings. The Bertz CT molecular complexity index is 531. The van der Waals surface area contributed by atoms with E-state index in [2.05, 4.69) is 42.4 Å². The van der Waals surface area contributed by atoms with Crippen LogP contribution in [-0.4, -0.2) is 18.2 Å². The number of carbonyl (C=O) groups excluding carboxylic acids is 1. The van der Waals surface area contributed by atoms with Crippen molar-refractivity contribution < 1.29 is 9.53 Å². The van der Waals surface area contributed by atoms with Crippen LogP contribution in [0.4, 0.5) is 0 Å². The van der Waals surface area contributed by atoms with Gasteiger partial charge in [-0.05, 0) is 66.2 Å². The molecule has 1 aliphatic carbocycles. The summed E-state index contributed by atoms with van der Waals surface area (Å²) in [5.41, 5.74) is 4.46. The number of amides is 1. The van der Waals surface area contributed by atoms with Crippen molar-refractivity contribution in [1.29, 1.82) is 0 Å². The number of hydrogen-bond acceptors (Lipinski definition) is 3. The Kier molecular flexibility index (Phi) is 5.21. The zero-order chi connectivity index (χ0) is 14.7. The van der Waals surface area contributed by atoms with Crippen LogP contribution in [0.1, 0.15) is 25.3 Å². The monoisotopic (exact) mass is 402 g/mol. The second kappa shape index (κ2) is 6.72. The fraction of sp³-hybridized carbons (Fsp3) is 0.429. The van der Waals surface area contributed by atoms with Gasteiger partial charge in [0.05, 0.1) is 4.47 Å². The highest BCUT2D eigenvalue weighted by atomic mass is 79.9. The molecule has 1 amide bonds. The molecule has 0 radical (unpaired) electrons. The van der Waals surface area contributed by atoms with Gasteiger partial charge in [-0.15, -0.1) is 0 Å². The fourth-order valence-electron chi connectivity index (χ4n) is 1.78. The molecule has 1 aliphatic rings. The maximum absolute atomic E-state index is 11.7. The smallest absolute Gasteiger partial charge is 0.277 e. The molecule has 6 heteroatoms. The van der Waals surface area contributed by atoms with Crippen LogP contribution in [0.25, 0.3) is 0 Å². The molecular formula is C14H16Br2N2O2. The minimum atomic E-state index is -0.251. The lowest BCUT2D eigenvalue weighted by Gasteiger charge is -2.11. The highest BCUT2D eigenvalue weighted by molar-refractivity contribution is 9.11. The number of hydrazone groups is 1. The van der Waals surface area contributed by atoms with Crippen LogP contribution in [0.3, 0.4) is 0 Å². The molecule has 0 saturated heterocycles. The molecule has 0 spiro atoms. The lowest BCUT2D eigenvalue weighted by atomic mass is 10.2. The summed E-state index contributed by atoms with van der Waals surface area (Å²) in [5, 5.41) is 4.08. The van der Waals surface area contributed by atoms with E-state index in [4.69, 9.17) is 4.74 Å². The summed E-state index contributed by atoms with van der Waals surface area (Å²) in [6.45, 7) is 3.81. The van der Waals surface area contributed by atoms with Crippen molar-refractivity contribution in [3.05, 3.63) is 26.6 Å². The Labute approximate surface area is 135 Å². The van der Waals surface area contributed by atoms with E-state index in [1.165, 1.54) is 12.8 Å². The molecule has 0 aliphatic heterocycles. The Hall–Kier alpha value is -0.880. The Morgan fingerprint density at radius 2 is 2.15 bits per heavy atom. The van der Waals surface area contributed by atoms with E-state index in [0.717, 1.165) is 20.2 Å². The topological polar surface area (TPSA) is 50.7 Å².